The molecule has 0 amide bonds. The summed E-state index contributed by atoms with van der Waals surface area (Å²) in [5, 5.41) is 9.46. The molecule has 3 rings (SSSR count). The molecule has 0 saturated heterocycles. The first-order valence-electron chi connectivity index (χ1n) is 7.36. The van der Waals surface area contributed by atoms with E-state index in [0.29, 0.717) is 17.1 Å². The Morgan fingerprint density at radius 3 is 2.61 bits per heavy atom. The van der Waals surface area contributed by atoms with Crippen LogP contribution in [0.15, 0.2) is 51.0 Å². The number of aryl methyl sites for hydroxylation is 2. The second kappa shape index (κ2) is 5.65. The van der Waals surface area contributed by atoms with Gasteiger partial charge in [-0.1, -0.05) is 31.2 Å². The van der Waals surface area contributed by atoms with Gasteiger partial charge in [-0.15, -0.1) is 0 Å². The molecule has 1 aliphatic rings. The van der Waals surface area contributed by atoms with Gasteiger partial charge in [0.25, 0.3) is 0 Å². The number of fused-ring (bicyclic) bond motifs is 1. The average Bonchev–Trinajstić information content (AvgIpc) is 2.53. The fraction of sp³-hybridized carbons (Fsp3) is 0.222. The molecular formula is C18H16N2O3. The van der Waals surface area contributed by atoms with E-state index in [4.69, 9.17) is 14.9 Å². The van der Waals surface area contributed by atoms with Crippen molar-refractivity contribution in [2.75, 3.05) is 0 Å². The minimum atomic E-state index is -0.577. The molecule has 1 aromatic carbocycles. The zero-order valence-electron chi connectivity index (χ0n) is 12.9. The summed E-state index contributed by atoms with van der Waals surface area (Å²) < 4.78 is 10.7. The van der Waals surface area contributed by atoms with Crippen molar-refractivity contribution in [1.29, 1.82) is 5.26 Å². The Hall–Kier alpha value is -3.00. The number of rotatable bonds is 2. The maximum Gasteiger partial charge on any atom is 0.343 e. The number of hydrogen-bond donors (Lipinski definition) is 1. The average molecular weight is 308 g/mol. The maximum atomic E-state index is 12.3. The van der Waals surface area contributed by atoms with Gasteiger partial charge < -0.3 is 14.9 Å². The molecule has 2 heterocycles. The maximum absolute atomic E-state index is 12.3. The van der Waals surface area contributed by atoms with Gasteiger partial charge in [0.05, 0.1) is 11.5 Å². The molecule has 2 N–H and O–H groups in total. The Kier molecular flexibility index (Phi) is 3.67. The molecule has 0 aliphatic carbocycles. The van der Waals surface area contributed by atoms with Crippen LogP contribution < -0.4 is 16.1 Å². The molecule has 1 aliphatic heterocycles. The van der Waals surface area contributed by atoms with E-state index < -0.39 is 11.5 Å². The van der Waals surface area contributed by atoms with Crippen molar-refractivity contribution in [3.63, 3.8) is 0 Å². The van der Waals surface area contributed by atoms with Crippen LogP contribution in [0.1, 0.15) is 35.3 Å². The van der Waals surface area contributed by atoms with Crippen LogP contribution in [0, 0.1) is 18.3 Å². The molecule has 0 radical (unpaired) electrons. The molecule has 0 unspecified atom stereocenters. The van der Waals surface area contributed by atoms with Crippen LogP contribution in [0.5, 0.6) is 5.75 Å². The number of nitrogens with zero attached hydrogens (tertiary/aromatic N) is 1. The monoisotopic (exact) mass is 308 g/mol. The fourth-order valence-corrected chi connectivity index (χ4v) is 2.80. The molecule has 116 valence electrons. The second-order valence-electron chi connectivity index (χ2n) is 5.44. The van der Waals surface area contributed by atoms with Gasteiger partial charge in [-0.2, -0.15) is 5.26 Å². The van der Waals surface area contributed by atoms with E-state index in [-0.39, 0.29) is 11.5 Å². The molecule has 2 aromatic rings. The van der Waals surface area contributed by atoms with Crippen LogP contribution in [0.3, 0.4) is 0 Å². The van der Waals surface area contributed by atoms with Gasteiger partial charge in [0.1, 0.15) is 23.2 Å². The second-order valence-corrected chi connectivity index (χ2v) is 5.44. The van der Waals surface area contributed by atoms with Gasteiger partial charge in [-0.05, 0) is 24.5 Å². The zero-order chi connectivity index (χ0) is 16.6. The van der Waals surface area contributed by atoms with Crippen LogP contribution in [0.25, 0.3) is 0 Å². The van der Waals surface area contributed by atoms with Crippen molar-refractivity contribution in [3.8, 4) is 11.8 Å². The summed E-state index contributed by atoms with van der Waals surface area (Å²) >= 11 is 0. The number of hydrogen-bond acceptors (Lipinski definition) is 5. The van der Waals surface area contributed by atoms with Gasteiger partial charge >= 0.3 is 5.63 Å². The highest BCUT2D eigenvalue weighted by Gasteiger charge is 2.34. The van der Waals surface area contributed by atoms with Gasteiger partial charge in [0.2, 0.25) is 5.88 Å². The Balaban J connectivity index is 2.24. The molecule has 1 aromatic heterocycles. The first-order valence-corrected chi connectivity index (χ1v) is 7.36. The number of allylic oxidation sites excluding steroid dienone is 1. The zero-order valence-corrected chi connectivity index (χ0v) is 12.9. The van der Waals surface area contributed by atoms with Gasteiger partial charge in [0.15, 0.2) is 0 Å². The fourth-order valence-electron chi connectivity index (χ4n) is 2.80. The third-order valence-corrected chi connectivity index (χ3v) is 3.98. The van der Waals surface area contributed by atoms with E-state index >= 15 is 0 Å². The predicted octanol–water partition coefficient (Wildman–Crippen LogP) is 2.73. The normalized spacial score (nSPS) is 16.5. The number of nitrogens with two attached hydrogens (primary N) is 1. The standard InChI is InChI=1S/C18H16N2O3/c1-3-11-4-6-12(7-5-11)15-13(9-19)17(20)23-14-8-10(2)22-18(21)16(14)15/h4-8,15H,3,20H2,1-2H3/t15-/m0/s1. The lowest BCUT2D eigenvalue weighted by molar-refractivity contribution is 0.371. The van der Waals surface area contributed by atoms with E-state index in [2.05, 4.69) is 13.0 Å². The summed E-state index contributed by atoms with van der Waals surface area (Å²) in [5.74, 6) is 0.225. The molecule has 5 nitrogen and oxygen atoms in total. The van der Waals surface area contributed by atoms with Crippen LogP contribution in [0.4, 0.5) is 0 Å². The lowest BCUT2D eigenvalue weighted by Crippen LogP contribution is -2.26. The number of ether oxygens (including phenoxy) is 1. The number of benzene rings is 1. The lowest BCUT2D eigenvalue weighted by atomic mass is 9.84. The number of nitriles is 1. The SMILES string of the molecule is CCc1ccc([C@H]2C(C#N)=C(N)Oc3cc(C)oc(=O)c32)cc1. The first kappa shape index (κ1) is 14.9. The predicted molar refractivity (Wildman–Crippen MR) is 84.8 cm³/mol. The lowest BCUT2D eigenvalue weighted by Gasteiger charge is -2.25. The van der Waals surface area contributed by atoms with E-state index in [1.54, 1.807) is 13.0 Å². The van der Waals surface area contributed by atoms with Gasteiger partial charge in [-0.25, -0.2) is 4.79 Å². The first-order chi connectivity index (χ1) is 11.0. The van der Waals surface area contributed by atoms with Crippen LogP contribution in [-0.2, 0) is 6.42 Å². The quantitative estimate of drug-likeness (QED) is 0.921. The molecule has 0 saturated carbocycles. The van der Waals surface area contributed by atoms with Crippen molar-refractivity contribution in [2.24, 2.45) is 5.73 Å². The minimum Gasteiger partial charge on any atom is -0.440 e. The van der Waals surface area contributed by atoms with Crippen molar-refractivity contribution in [1.82, 2.24) is 0 Å². The third-order valence-electron chi connectivity index (χ3n) is 3.98. The van der Waals surface area contributed by atoms with Crippen molar-refractivity contribution in [3.05, 3.63) is 74.7 Å². The van der Waals surface area contributed by atoms with Gasteiger partial charge in [-0.3, -0.25) is 0 Å². The molecule has 0 bridgehead atoms. The van der Waals surface area contributed by atoms with E-state index in [1.807, 2.05) is 24.3 Å². The highest BCUT2D eigenvalue weighted by atomic mass is 16.5. The smallest absolute Gasteiger partial charge is 0.343 e. The summed E-state index contributed by atoms with van der Waals surface area (Å²) in [5.41, 5.74) is 7.89. The molecule has 1 atom stereocenters. The minimum absolute atomic E-state index is 0.0227. The molecule has 5 heteroatoms. The van der Waals surface area contributed by atoms with Crippen LogP contribution in [-0.4, -0.2) is 0 Å². The summed E-state index contributed by atoms with van der Waals surface area (Å²) in [6.07, 6.45) is 0.912. The van der Waals surface area contributed by atoms with Crippen molar-refractivity contribution in [2.45, 2.75) is 26.2 Å². The molecule has 0 spiro atoms. The van der Waals surface area contributed by atoms with Crippen LogP contribution >= 0.6 is 0 Å². The molecule has 23 heavy (non-hydrogen) atoms. The third kappa shape index (κ3) is 2.49. The highest BCUT2D eigenvalue weighted by Crippen LogP contribution is 2.40. The van der Waals surface area contributed by atoms with Crippen molar-refractivity contribution >= 4 is 0 Å². The molecule has 0 fully saturated rings. The summed E-state index contributed by atoms with van der Waals surface area (Å²) in [7, 11) is 0. The Morgan fingerprint density at radius 2 is 2.00 bits per heavy atom. The molecular weight excluding hydrogens is 292 g/mol. The Bertz CT molecular complexity index is 886. The topological polar surface area (TPSA) is 89.2 Å². The summed E-state index contributed by atoms with van der Waals surface area (Å²) in [6, 6.07) is 11.4. The van der Waals surface area contributed by atoms with Crippen molar-refractivity contribution < 1.29 is 9.15 Å². The Morgan fingerprint density at radius 1 is 1.30 bits per heavy atom. The highest BCUT2D eigenvalue weighted by molar-refractivity contribution is 5.54. The van der Waals surface area contributed by atoms with E-state index in [0.717, 1.165) is 12.0 Å². The van der Waals surface area contributed by atoms with E-state index in [9.17, 15) is 10.1 Å². The van der Waals surface area contributed by atoms with E-state index in [1.165, 1.54) is 5.56 Å². The van der Waals surface area contributed by atoms with Crippen LogP contribution in [0.2, 0.25) is 0 Å². The van der Waals surface area contributed by atoms with Gasteiger partial charge in [0, 0.05) is 6.07 Å². The summed E-state index contributed by atoms with van der Waals surface area (Å²) in [4.78, 5) is 12.3. The largest absolute Gasteiger partial charge is 0.440 e. The Labute approximate surface area is 133 Å². The summed E-state index contributed by atoms with van der Waals surface area (Å²) in [6.45, 7) is 3.73.